The number of carbonyl (C=O) groups excluding carboxylic acids is 3. The number of nitrogens with two attached hydrogens (primary N) is 1. The summed E-state index contributed by atoms with van der Waals surface area (Å²) in [7, 11) is 0. The van der Waals surface area contributed by atoms with Gasteiger partial charge in [-0.15, -0.1) is 0 Å². The van der Waals surface area contributed by atoms with Crippen molar-refractivity contribution in [3.05, 3.63) is 59.9 Å². The maximum Gasteiger partial charge on any atom is 0.319 e. The average Bonchev–Trinajstić information content (AvgIpc) is 3.30. The molecule has 2 aliphatic heterocycles. The molecule has 0 aliphatic carbocycles. The van der Waals surface area contributed by atoms with E-state index in [0.29, 0.717) is 31.0 Å². The molecule has 184 valence electrons. The first-order chi connectivity index (χ1) is 16.8. The minimum Gasteiger partial charge on any atom is -0.368 e. The Bertz CT molecular complexity index is 1120. The van der Waals surface area contributed by atoms with E-state index in [9.17, 15) is 18.8 Å². The quantitative estimate of drug-likeness (QED) is 0.589. The summed E-state index contributed by atoms with van der Waals surface area (Å²) in [5, 5.41) is 11.4. The molecule has 10 heteroatoms. The van der Waals surface area contributed by atoms with Crippen LogP contribution in [0.3, 0.4) is 0 Å². The molecular formula is C25H29FN6O3. The lowest BCUT2D eigenvalue weighted by molar-refractivity contribution is -0.125. The lowest BCUT2D eigenvalue weighted by atomic mass is 9.97. The van der Waals surface area contributed by atoms with Crippen LogP contribution in [-0.4, -0.2) is 54.1 Å². The van der Waals surface area contributed by atoms with Crippen LogP contribution in [0.1, 0.15) is 24.8 Å². The molecule has 0 saturated carbocycles. The molecule has 2 aliphatic rings. The summed E-state index contributed by atoms with van der Waals surface area (Å²) in [5.74, 6) is -1.18. The molecule has 0 bridgehead atoms. The van der Waals surface area contributed by atoms with E-state index in [1.54, 1.807) is 4.90 Å². The highest BCUT2D eigenvalue weighted by atomic mass is 19.1. The Morgan fingerprint density at radius 3 is 2.51 bits per heavy atom. The number of hydrogen-bond acceptors (Lipinski definition) is 5. The number of likely N-dealkylation sites (tertiary alicyclic amines) is 1. The van der Waals surface area contributed by atoms with Crippen LogP contribution in [0.25, 0.3) is 0 Å². The lowest BCUT2D eigenvalue weighted by Crippen LogP contribution is -2.46. The van der Waals surface area contributed by atoms with E-state index < -0.39 is 17.8 Å². The molecular weight excluding hydrogens is 451 g/mol. The topological polar surface area (TPSA) is 120 Å². The molecule has 2 atom stereocenters. The second-order valence-corrected chi connectivity index (χ2v) is 8.95. The highest BCUT2D eigenvalue weighted by Gasteiger charge is 2.37. The van der Waals surface area contributed by atoms with Gasteiger partial charge in [0.25, 0.3) is 5.91 Å². The number of primary amides is 1. The van der Waals surface area contributed by atoms with E-state index in [2.05, 4.69) is 15.7 Å². The van der Waals surface area contributed by atoms with Crippen molar-refractivity contribution >= 4 is 34.9 Å². The van der Waals surface area contributed by atoms with Crippen LogP contribution in [0.15, 0.2) is 53.6 Å². The number of hydrazone groups is 1. The monoisotopic (exact) mass is 480 g/mol. The van der Waals surface area contributed by atoms with Gasteiger partial charge in [-0.1, -0.05) is 17.7 Å². The maximum atomic E-state index is 13.3. The Balaban J connectivity index is 1.35. The fourth-order valence-electron chi connectivity index (χ4n) is 4.34. The van der Waals surface area contributed by atoms with Crippen molar-refractivity contribution in [1.29, 1.82) is 0 Å². The molecule has 4 rings (SSSR count). The smallest absolute Gasteiger partial charge is 0.319 e. The van der Waals surface area contributed by atoms with Gasteiger partial charge in [-0.2, -0.15) is 5.10 Å². The van der Waals surface area contributed by atoms with Crippen molar-refractivity contribution in [3.63, 3.8) is 0 Å². The molecule has 9 nitrogen and oxygen atoms in total. The molecule has 4 amide bonds. The first kappa shape index (κ1) is 24.2. The number of piperidine rings is 1. The number of amides is 4. The summed E-state index contributed by atoms with van der Waals surface area (Å²) in [6, 6.07) is 11.9. The molecule has 1 fully saturated rings. The van der Waals surface area contributed by atoms with E-state index in [1.165, 1.54) is 29.3 Å². The summed E-state index contributed by atoms with van der Waals surface area (Å²) in [6.07, 6.45) is 1.77. The third kappa shape index (κ3) is 5.95. The minimum absolute atomic E-state index is 0.0872. The van der Waals surface area contributed by atoms with Crippen molar-refractivity contribution in [2.75, 3.05) is 30.0 Å². The summed E-state index contributed by atoms with van der Waals surface area (Å²) in [4.78, 5) is 39.2. The van der Waals surface area contributed by atoms with Gasteiger partial charge in [0.1, 0.15) is 17.6 Å². The predicted molar refractivity (Wildman–Crippen MR) is 131 cm³/mol. The van der Waals surface area contributed by atoms with Crippen LogP contribution >= 0.6 is 0 Å². The zero-order valence-corrected chi connectivity index (χ0v) is 19.5. The molecule has 2 unspecified atom stereocenters. The van der Waals surface area contributed by atoms with Gasteiger partial charge in [0.05, 0.1) is 5.69 Å². The van der Waals surface area contributed by atoms with Gasteiger partial charge in [0.15, 0.2) is 0 Å². The van der Waals surface area contributed by atoms with Crippen molar-refractivity contribution in [1.82, 2.24) is 10.2 Å². The molecule has 2 aromatic rings. The first-order valence-electron chi connectivity index (χ1n) is 11.6. The summed E-state index contributed by atoms with van der Waals surface area (Å²) >= 11 is 0. The van der Waals surface area contributed by atoms with E-state index >= 15 is 0 Å². The van der Waals surface area contributed by atoms with Crippen LogP contribution in [0.4, 0.5) is 20.6 Å². The van der Waals surface area contributed by atoms with Crippen molar-refractivity contribution in [3.8, 4) is 0 Å². The van der Waals surface area contributed by atoms with E-state index in [-0.39, 0.29) is 30.0 Å². The normalized spacial score (nSPS) is 19.8. The Morgan fingerprint density at radius 2 is 1.83 bits per heavy atom. The lowest BCUT2D eigenvalue weighted by Gasteiger charge is -2.32. The van der Waals surface area contributed by atoms with E-state index in [0.717, 1.165) is 18.4 Å². The molecule has 0 aromatic heterocycles. The third-order valence-corrected chi connectivity index (χ3v) is 6.24. The van der Waals surface area contributed by atoms with Gasteiger partial charge in [0.2, 0.25) is 5.91 Å². The fraction of sp³-hybridized carbons (Fsp3) is 0.360. The molecule has 4 N–H and O–H groups in total. The number of hydrogen-bond donors (Lipinski definition) is 3. The number of rotatable bonds is 6. The number of urea groups is 1. The Labute approximate surface area is 203 Å². The van der Waals surface area contributed by atoms with Crippen LogP contribution < -0.4 is 21.4 Å². The number of anilines is 2. The second-order valence-electron chi connectivity index (χ2n) is 8.95. The number of nitrogens with one attached hydrogen (secondary N) is 2. The molecule has 2 heterocycles. The number of aryl methyl sites for hydroxylation is 1. The molecule has 0 radical (unpaired) electrons. The standard InChI is InChI=1S/C25H29FN6O3/c1-16-4-8-19(9-5-16)29-25(35)28-14-17-3-2-12-31(15-17)24(34)21-13-22(23(27)33)32(30-21)20-10-6-18(26)7-11-20/h4-11,17,22H,2-3,12-15H2,1H3,(H2,27,33)(H2,28,29,35). The Morgan fingerprint density at radius 1 is 1.11 bits per heavy atom. The zero-order valence-electron chi connectivity index (χ0n) is 19.5. The average molecular weight is 481 g/mol. The van der Waals surface area contributed by atoms with Gasteiger partial charge in [-0.25, -0.2) is 9.18 Å². The Hall–Kier alpha value is -3.95. The minimum atomic E-state index is -0.813. The van der Waals surface area contributed by atoms with E-state index in [1.807, 2.05) is 31.2 Å². The SMILES string of the molecule is Cc1ccc(NC(=O)NCC2CCCN(C(=O)C3=NN(c4ccc(F)cc4)C(C(N)=O)C3)C2)cc1. The van der Waals surface area contributed by atoms with E-state index in [4.69, 9.17) is 5.73 Å². The highest BCUT2D eigenvalue weighted by molar-refractivity contribution is 6.40. The van der Waals surface area contributed by atoms with Crippen LogP contribution in [0, 0.1) is 18.7 Å². The number of nitrogens with zero attached hydrogens (tertiary/aromatic N) is 3. The van der Waals surface area contributed by atoms with Crippen LogP contribution in [-0.2, 0) is 9.59 Å². The summed E-state index contributed by atoms with van der Waals surface area (Å²) < 4.78 is 13.3. The van der Waals surface area contributed by atoms with Crippen molar-refractivity contribution < 1.29 is 18.8 Å². The van der Waals surface area contributed by atoms with Gasteiger partial charge in [-0.3, -0.25) is 14.6 Å². The van der Waals surface area contributed by atoms with Gasteiger partial charge < -0.3 is 21.3 Å². The molecule has 0 spiro atoms. The third-order valence-electron chi connectivity index (χ3n) is 6.24. The summed E-state index contributed by atoms with van der Waals surface area (Å²) in [5.41, 5.74) is 8.09. The first-order valence-corrected chi connectivity index (χ1v) is 11.6. The summed E-state index contributed by atoms with van der Waals surface area (Å²) in [6.45, 7) is 3.45. The molecule has 35 heavy (non-hydrogen) atoms. The van der Waals surface area contributed by atoms with Gasteiger partial charge in [-0.05, 0) is 62.1 Å². The highest BCUT2D eigenvalue weighted by Crippen LogP contribution is 2.26. The molecule has 1 saturated heterocycles. The predicted octanol–water partition coefficient (Wildman–Crippen LogP) is 2.61. The largest absolute Gasteiger partial charge is 0.368 e. The zero-order chi connectivity index (χ0) is 24.9. The molecule has 2 aromatic carbocycles. The number of carbonyl (C=O) groups is 3. The maximum absolute atomic E-state index is 13.3. The van der Waals surface area contributed by atoms with Crippen LogP contribution in [0.2, 0.25) is 0 Å². The van der Waals surface area contributed by atoms with Gasteiger partial charge in [0, 0.05) is 31.7 Å². The number of halogens is 1. The fourth-order valence-corrected chi connectivity index (χ4v) is 4.34. The van der Waals surface area contributed by atoms with Gasteiger partial charge >= 0.3 is 6.03 Å². The van der Waals surface area contributed by atoms with Crippen molar-refractivity contribution in [2.24, 2.45) is 16.8 Å². The number of benzene rings is 2. The second kappa shape index (κ2) is 10.5. The van der Waals surface area contributed by atoms with Crippen LogP contribution in [0.5, 0.6) is 0 Å². The van der Waals surface area contributed by atoms with Crippen molar-refractivity contribution in [2.45, 2.75) is 32.2 Å². The Kier molecular flexibility index (Phi) is 7.28.